The highest BCUT2D eigenvalue weighted by Crippen LogP contribution is 2.28. The third-order valence-corrected chi connectivity index (χ3v) is 3.63. The average molecular weight is 264 g/mol. The maximum Gasteiger partial charge on any atom is 0.125 e. The number of halogens is 1. The predicted octanol–water partition coefficient (Wildman–Crippen LogP) is 4.16. The molecule has 3 heteroatoms. The summed E-state index contributed by atoms with van der Waals surface area (Å²) in [6.07, 6.45) is 0.880. The second kappa shape index (κ2) is 5.17. The Hall–Kier alpha value is -1.25. The van der Waals surface area contributed by atoms with Gasteiger partial charge >= 0.3 is 0 Å². The van der Waals surface area contributed by atoms with Crippen molar-refractivity contribution in [2.45, 2.75) is 33.2 Å². The predicted molar refractivity (Wildman–Crippen MR) is 75.0 cm³/mol. The average Bonchev–Trinajstić information content (AvgIpc) is 2.81. The molecule has 2 nitrogen and oxygen atoms in total. The number of benzene rings is 1. The Balaban J connectivity index is 2.39. The molecule has 1 atom stereocenters. The summed E-state index contributed by atoms with van der Waals surface area (Å²) in [5.74, 6) is 1.76. The second-order valence-electron chi connectivity index (χ2n) is 4.59. The van der Waals surface area contributed by atoms with Crippen LogP contribution in [0, 0.1) is 13.8 Å². The first kappa shape index (κ1) is 13.2. The summed E-state index contributed by atoms with van der Waals surface area (Å²) >= 11 is 6.10. The summed E-state index contributed by atoms with van der Waals surface area (Å²) in [5, 5.41) is 0.775. The molecule has 1 heterocycles. The Labute approximate surface area is 113 Å². The van der Waals surface area contributed by atoms with Crippen LogP contribution in [0.15, 0.2) is 28.7 Å². The summed E-state index contributed by atoms with van der Waals surface area (Å²) < 4.78 is 5.72. The monoisotopic (exact) mass is 263 g/mol. The van der Waals surface area contributed by atoms with Gasteiger partial charge in [-0.1, -0.05) is 24.6 Å². The van der Waals surface area contributed by atoms with Crippen molar-refractivity contribution >= 4 is 11.6 Å². The molecule has 0 bridgehead atoms. The smallest absolute Gasteiger partial charge is 0.125 e. The molecule has 2 rings (SSSR count). The molecule has 2 N–H and O–H groups in total. The molecular formula is C15H18ClNO. The fourth-order valence-electron chi connectivity index (χ4n) is 2.04. The lowest BCUT2D eigenvalue weighted by molar-refractivity contribution is 0.453. The summed E-state index contributed by atoms with van der Waals surface area (Å²) in [6, 6.07) is 7.69. The summed E-state index contributed by atoms with van der Waals surface area (Å²) in [5.41, 5.74) is 9.46. The highest BCUT2D eigenvalue weighted by atomic mass is 35.5. The number of hydrogen-bond acceptors (Lipinski definition) is 2. The maximum atomic E-state index is 6.27. The van der Waals surface area contributed by atoms with Crippen LogP contribution in [0.2, 0.25) is 5.02 Å². The van der Waals surface area contributed by atoms with Gasteiger partial charge in [-0.25, -0.2) is 0 Å². The van der Waals surface area contributed by atoms with E-state index in [9.17, 15) is 0 Å². The van der Waals surface area contributed by atoms with E-state index in [4.69, 9.17) is 21.8 Å². The first-order chi connectivity index (χ1) is 8.52. The Morgan fingerprint density at radius 1 is 1.22 bits per heavy atom. The van der Waals surface area contributed by atoms with Crippen LogP contribution >= 0.6 is 11.6 Å². The lowest BCUT2D eigenvalue weighted by Gasteiger charge is -2.14. The number of furan rings is 1. The van der Waals surface area contributed by atoms with Crippen LogP contribution in [-0.2, 0) is 6.42 Å². The van der Waals surface area contributed by atoms with E-state index >= 15 is 0 Å². The molecule has 0 radical (unpaired) electrons. The Bertz CT molecular complexity index is 560. The molecule has 0 aliphatic heterocycles. The van der Waals surface area contributed by atoms with Crippen molar-refractivity contribution in [2.75, 3.05) is 0 Å². The summed E-state index contributed by atoms with van der Waals surface area (Å²) in [7, 11) is 0. The van der Waals surface area contributed by atoms with Gasteiger partial charge in [-0.15, -0.1) is 0 Å². The van der Waals surface area contributed by atoms with Crippen LogP contribution in [0.5, 0.6) is 0 Å². The van der Waals surface area contributed by atoms with Crippen molar-refractivity contribution in [3.05, 3.63) is 57.5 Å². The SMILES string of the molecule is CCc1ccc(C(N)c2cc(C)c(Cl)cc2C)o1. The number of rotatable bonds is 3. The van der Waals surface area contributed by atoms with E-state index in [1.54, 1.807) is 0 Å². The molecule has 18 heavy (non-hydrogen) atoms. The zero-order valence-corrected chi connectivity index (χ0v) is 11.7. The van der Waals surface area contributed by atoms with Crippen molar-refractivity contribution in [2.24, 2.45) is 5.73 Å². The van der Waals surface area contributed by atoms with Crippen LogP contribution in [0.1, 0.15) is 41.2 Å². The van der Waals surface area contributed by atoms with Gasteiger partial charge in [-0.3, -0.25) is 0 Å². The van der Waals surface area contributed by atoms with Gasteiger partial charge in [-0.05, 0) is 48.7 Å². The van der Waals surface area contributed by atoms with Crippen LogP contribution in [0.4, 0.5) is 0 Å². The minimum atomic E-state index is -0.235. The van der Waals surface area contributed by atoms with Crippen molar-refractivity contribution in [1.82, 2.24) is 0 Å². The third-order valence-electron chi connectivity index (χ3n) is 3.22. The fourth-order valence-corrected chi connectivity index (χ4v) is 2.26. The first-order valence-electron chi connectivity index (χ1n) is 6.13. The fraction of sp³-hybridized carbons (Fsp3) is 0.333. The Kier molecular flexibility index (Phi) is 3.79. The van der Waals surface area contributed by atoms with Crippen LogP contribution in [-0.4, -0.2) is 0 Å². The zero-order chi connectivity index (χ0) is 13.3. The van der Waals surface area contributed by atoms with E-state index in [-0.39, 0.29) is 6.04 Å². The molecule has 0 amide bonds. The van der Waals surface area contributed by atoms with Gasteiger partial charge in [0.25, 0.3) is 0 Å². The van der Waals surface area contributed by atoms with Gasteiger partial charge in [0.2, 0.25) is 0 Å². The molecule has 0 aliphatic carbocycles. The molecule has 1 unspecified atom stereocenters. The molecular weight excluding hydrogens is 246 g/mol. The van der Waals surface area contributed by atoms with Gasteiger partial charge in [0.1, 0.15) is 11.5 Å². The lowest BCUT2D eigenvalue weighted by Crippen LogP contribution is -2.12. The van der Waals surface area contributed by atoms with Crippen LogP contribution in [0.3, 0.4) is 0 Å². The van der Waals surface area contributed by atoms with Gasteiger partial charge in [0, 0.05) is 11.4 Å². The first-order valence-corrected chi connectivity index (χ1v) is 6.51. The van der Waals surface area contributed by atoms with E-state index in [2.05, 4.69) is 6.92 Å². The van der Waals surface area contributed by atoms with Gasteiger partial charge in [0.15, 0.2) is 0 Å². The molecule has 1 aromatic heterocycles. The van der Waals surface area contributed by atoms with Crippen molar-refractivity contribution in [3.8, 4) is 0 Å². The molecule has 0 aliphatic rings. The van der Waals surface area contributed by atoms with Crippen molar-refractivity contribution < 1.29 is 4.42 Å². The van der Waals surface area contributed by atoms with Gasteiger partial charge < -0.3 is 10.2 Å². The quantitative estimate of drug-likeness (QED) is 0.903. The lowest BCUT2D eigenvalue weighted by atomic mass is 9.98. The van der Waals surface area contributed by atoms with Crippen molar-refractivity contribution in [3.63, 3.8) is 0 Å². The number of hydrogen-bond donors (Lipinski definition) is 1. The van der Waals surface area contributed by atoms with E-state index in [0.29, 0.717) is 0 Å². The van der Waals surface area contributed by atoms with E-state index < -0.39 is 0 Å². The number of aryl methyl sites for hydroxylation is 3. The zero-order valence-electron chi connectivity index (χ0n) is 11.0. The van der Waals surface area contributed by atoms with E-state index in [1.165, 1.54) is 0 Å². The third kappa shape index (κ3) is 2.45. The van der Waals surface area contributed by atoms with Crippen LogP contribution in [0.25, 0.3) is 0 Å². The van der Waals surface area contributed by atoms with Crippen LogP contribution < -0.4 is 5.73 Å². The Morgan fingerprint density at radius 3 is 2.56 bits per heavy atom. The normalized spacial score (nSPS) is 12.7. The molecule has 0 fully saturated rings. The molecule has 96 valence electrons. The van der Waals surface area contributed by atoms with Gasteiger partial charge in [-0.2, -0.15) is 0 Å². The number of nitrogens with two attached hydrogens (primary N) is 1. The maximum absolute atomic E-state index is 6.27. The van der Waals surface area contributed by atoms with Gasteiger partial charge in [0.05, 0.1) is 6.04 Å². The second-order valence-corrected chi connectivity index (χ2v) is 5.00. The molecule has 0 spiro atoms. The highest BCUT2D eigenvalue weighted by Gasteiger charge is 2.16. The molecule has 2 aromatic rings. The minimum Gasteiger partial charge on any atom is -0.464 e. The summed E-state index contributed by atoms with van der Waals surface area (Å²) in [4.78, 5) is 0. The van der Waals surface area contributed by atoms with Crippen molar-refractivity contribution in [1.29, 1.82) is 0 Å². The Morgan fingerprint density at radius 2 is 1.94 bits per heavy atom. The molecule has 0 saturated carbocycles. The topological polar surface area (TPSA) is 39.2 Å². The van der Waals surface area contributed by atoms with E-state index in [0.717, 1.165) is 39.7 Å². The molecule has 1 aromatic carbocycles. The molecule has 0 saturated heterocycles. The summed E-state index contributed by atoms with van der Waals surface area (Å²) in [6.45, 7) is 6.06. The largest absolute Gasteiger partial charge is 0.464 e. The standard InChI is InChI=1S/C15H18ClNO/c1-4-11-5-6-14(18-11)15(17)12-7-10(3)13(16)8-9(12)2/h5-8,15H,4,17H2,1-3H3. The highest BCUT2D eigenvalue weighted by molar-refractivity contribution is 6.31. The van der Waals surface area contributed by atoms with E-state index in [1.807, 2.05) is 38.1 Å². The minimum absolute atomic E-state index is 0.235.